The van der Waals surface area contributed by atoms with Gasteiger partial charge in [-0.1, -0.05) is 6.07 Å². The number of esters is 1. The number of hydrogen-bond acceptors (Lipinski definition) is 4. The van der Waals surface area contributed by atoms with Crippen LogP contribution in [-0.4, -0.2) is 23.0 Å². The second kappa shape index (κ2) is 4.61. The fourth-order valence-electron chi connectivity index (χ4n) is 1.45. The molecule has 0 fully saturated rings. The number of nitrogens with one attached hydrogen (secondary N) is 1. The van der Waals surface area contributed by atoms with Crippen molar-refractivity contribution in [3.05, 3.63) is 52.7 Å². The van der Waals surface area contributed by atoms with E-state index in [9.17, 15) is 9.59 Å². The quantitative estimate of drug-likeness (QED) is 0.787. The first kappa shape index (κ1) is 11.1. The van der Waals surface area contributed by atoms with E-state index in [0.29, 0.717) is 5.56 Å². The van der Waals surface area contributed by atoms with Gasteiger partial charge in [-0.05, 0) is 12.1 Å². The maximum absolute atomic E-state index is 11.4. The highest BCUT2D eigenvalue weighted by atomic mass is 16.5. The smallest absolute Gasteiger partial charge is 0.343 e. The first-order valence-corrected chi connectivity index (χ1v) is 4.94. The van der Waals surface area contributed by atoms with Gasteiger partial charge in [-0.2, -0.15) is 0 Å². The molecule has 0 aliphatic heterocycles. The second-order valence-corrected chi connectivity index (χ2v) is 3.36. The number of pyridine rings is 2. The van der Waals surface area contributed by atoms with E-state index in [4.69, 9.17) is 0 Å². The topological polar surface area (TPSA) is 72.0 Å². The summed E-state index contributed by atoms with van der Waals surface area (Å²) < 4.78 is 4.53. The zero-order valence-electron chi connectivity index (χ0n) is 9.14. The highest BCUT2D eigenvalue weighted by Crippen LogP contribution is 2.16. The lowest BCUT2D eigenvalue weighted by molar-refractivity contribution is 0.0598. The van der Waals surface area contributed by atoms with Crippen LogP contribution in [0.25, 0.3) is 11.1 Å². The van der Waals surface area contributed by atoms with Gasteiger partial charge in [-0.3, -0.25) is 9.78 Å². The van der Waals surface area contributed by atoms with Gasteiger partial charge in [-0.25, -0.2) is 4.79 Å². The van der Waals surface area contributed by atoms with Gasteiger partial charge in [0.2, 0.25) is 0 Å². The molecular weight excluding hydrogens is 220 g/mol. The van der Waals surface area contributed by atoms with Crippen LogP contribution in [-0.2, 0) is 4.74 Å². The summed E-state index contributed by atoms with van der Waals surface area (Å²) >= 11 is 0. The SMILES string of the molecule is COC(=O)c1cc(-c2cccnc2)c[nH]c1=O. The number of methoxy groups -OCH3 is 1. The van der Waals surface area contributed by atoms with Crippen LogP contribution in [0.1, 0.15) is 10.4 Å². The Balaban J connectivity index is 2.52. The third-order valence-electron chi connectivity index (χ3n) is 2.30. The number of H-pyrrole nitrogens is 1. The lowest BCUT2D eigenvalue weighted by Crippen LogP contribution is -2.18. The molecule has 0 amide bonds. The molecule has 0 aromatic carbocycles. The predicted octanol–water partition coefficient (Wildman–Crippen LogP) is 1.22. The molecule has 2 aromatic heterocycles. The molecule has 5 heteroatoms. The Morgan fingerprint density at radius 3 is 2.88 bits per heavy atom. The highest BCUT2D eigenvalue weighted by Gasteiger charge is 2.11. The van der Waals surface area contributed by atoms with Crippen molar-refractivity contribution in [1.82, 2.24) is 9.97 Å². The lowest BCUT2D eigenvalue weighted by Gasteiger charge is -2.02. The molecule has 17 heavy (non-hydrogen) atoms. The summed E-state index contributed by atoms with van der Waals surface area (Å²) in [6.07, 6.45) is 4.83. The minimum Gasteiger partial charge on any atom is -0.465 e. The Kier molecular flexibility index (Phi) is 3.00. The third kappa shape index (κ3) is 2.23. The summed E-state index contributed by atoms with van der Waals surface area (Å²) in [5, 5.41) is 0. The van der Waals surface area contributed by atoms with E-state index in [1.54, 1.807) is 18.5 Å². The van der Waals surface area contributed by atoms with Crippen LogP contribution in [0.2, 0.25) is 0 Å². The summed E-state index contributed by atoms with van der Waals surface area (Å²) in [4.78, 5) is 29.3. The third-order valence-corrected chi connectivity index (χ3v) is 2.30. The monoisotopic (exact) mass is 230 g/mol. The molecule has 1 N–H and O–H groups in total. The predicted molar refractivity (Wildman–Crippen MR) is 61.6 cm³/mol. The van der Waals surface area contributed by atoms with Gasteiger partial charge in [0.25, 0.3) is 5.56 Å². The number of carbonyl (C=O) groups is 1. The fourth-order valence-corrected chi connectivity index (χ4v) is 1.45. The molecule has 2 aromatic rings. The second-order valence-electron chi connectivity index (χ2n) is 3.36. The molecule has 0 saturated heterocycles. The summed E-state index contributed by atoms with van der Waals surface area (Å²) in [6.45, 7) is 0. The van der Waals surface area contributed by atoms with Crippen LogP contribution in [0.15, 0.2) is 41.6 Å². The van der Waals surface area contributed by atoms with E-state index in [1.165, 1.54) is 19.4 Å². The number of ether oxygens (including phenoxy) is 1. The molecule has 0 saturated carbocycles. The van der Waals surface area contributed by atoms with Crippen molar-refractivity contribution in [3.8, 4) is 11.1 Å². The Hall–Kier alpha value is -2.43. The van der Waals surface area contributed by atoms with Crippen LogP contribution < -0.4 is 5.56 Å². The summed E-state index contributed by atoms with van der Waals surface area (Å²) in [7, 11) is 1.23. The van der Waals surface area contributed by atoms with Gasteiger partial charge in [-0.15, -0.1) is 0 Å². The number of hydrogen-bond donors (Lipinski definition) is 1. The maximum atomic E-state index is 11.4. The van der Waals surface area contributed by atoms with Gasteiger partial charge >= 0.3 is 5.97 Å². The minimum atomic E-state index is -0.656. The number of aromatic amines is 1. The summed E-state index contributed by atoms with van der Waals surface area (Å²) in [5.74, 6) is -0.656. The van der Waals surface area contributed by atoms with Gasteiger partial charge in [0.1, 0.15) is 5.56 Å². The van der Waals surface area contributed by atoms with Crippen molar-refractivity contribution < 1.29 is 9.53 Å². The van der Waals surface area contributed by atoms with Crippen molar-refractivity contribution >= 4 is 5.97 Å². The molecule has 2 heterocycles. The van der Waals surface area contributed by atoms with Crippen LogP contribution in [0.5, 0.6) is 0 Å². The van der Waals surface area contributed by atoms with Crippen LogP contribution in [0, 0.1) is 0 Å². The zero-order valence-corrected chi connectivity index (χ0v) is 9.14. The number of rotatable bonds is 2. The van der Waals surface area contributed by atoms with Crippen molar-refractivity contribution in [2.24, 2.45) is 0 Å². The van der Waals surface area contributed by atoms with Crippen LogP contribution >= 0.6 is 0 Å². The first-order chi connectivity index (χ1) is 8.22. The molecule has 0 unspecified atom stereocenters. The van der Waals surface area contributed by atoms with Crippen LogP contribution in [0.4, 0.5) is 0 Å². The van der Waals surface area contributed by atoms with Crippen molar-refractivity contribution in [1.29, 1.82) is 0 Å². The van der Waals surface area contributed by atoms with Crippen molar-refractivity contribution in [2.75, 3.05) is 7.11 Å². The van der Waals surface area contributed by atoms with E-state index in [2.05, 4.69) is 14.7 Å². The molecule has 0 spiro atoms. The minimum absolute atomic E-state index is 0.0196. The molecular formula is C12H10N2O3. The fraction of sp³-hybridized carbons (Fsp3) is 0.0833. The van der Waals surface area contributed by atoms with Gasteiger partial charge in [0.05, 0.1) is 7.11 Å². The average molecular weight is 230 g/mol. The van der Waals surface area contributed by atoms with Gasteiger partial charge < -0.3 is 9.72 Å². The first-order valence-electron chi connectivity index (χ1n) is 4.94. The lowest BCUT2D eigenvalue weighted by atomic mass is 10.1. The van der Waals surface area contributed by atoms with Crippen LogP contribution in [0.3, 0.4) is 0 Å². The van der Waals surface area contributed by atoms with Gasteiger partial charge in [0.15, 0.2) is 0 Å². The largest absolute Gasteiger partial charge is 0.465 e. The standard InChI is InChI=1S/C12H10N2O3/c1-17-12(16)10-5-9(7-14-11(10)15)8-3-2-4-13-6-8/h2-7H,1H3,(H,14,15). The molecule has 2 rings (SSSR count). The van der Waals surface area contributed by atoms with E-state index in [-0.39, 0.29) is 5.56 Å². The molecule has 0 atom stereocenters. The summed E-state index contributed by atoms with van der Waals surface area (Å²) in [5.41, 5.74) is 1.03. The molecule has 0 bridgehead atoms. The number of nitrogens with zero attached hydrogens (tertiary/aromatic N) is 1. The molecule has 0 aliphatic rings. The molecule has 86 valence electrons. The molecule has 0 aliphatic carbocycles. The maximum Gasteiger partial charge on any atom is 0.343 e. The summed E-state index contributed by atoms with van der Waals surface area (Å²) in [6, 6.07) is 5.10. The van der Waals surface area contributed by atoms with E-state index < -0.39 is 11.5 Å². The Labute approximate surface area is 97.1 Å². The van der Waals surface area contributed by atoms with Crippen molar-refractivity contribution in [2.45, 2.75) is 0 Å². The Bertz CT molecular complexity index is 590. The number of aromatic nitrogens is 2. The Morgan fingerprint density at radius 1 is 1.41 bits per heavy atom. The van der Waals surface area contributed by atoms with E-state index >= 15 is 0 Å². The normalized spacial score (nSPS) is 9.94. The molecule has 0 radical (unpaired) electrons. The highest BCUT2D eigenvalue weighted by molar-refractivity contribution is 5.90. The average Bonchev–Trinajstić information content (AvgIpc) is 2.39. The van der Waals surface area contributed by atoms with E-state index in [1.807, 2.05) is 6.07 Å². The van der Waals surface area contributed by atoms with E-state index in [0.717, 1.165) is 5.56 Å². The van der Waals surface area contributed by atoms with Crippen molar-refractivity contribution in [3.63, 3.8) is 0 Å². The zero-order chi connectivity index (χ0) is 12.3. The number of carbonyl (C=O) groups excluding carboxylic acids is 1. The molecule has 5 nitrogen and oxygen atoms in total. The van der Waals surface area contributed by atoms with Gasteiger partial charge in [0, 0.05) is 29.7 Å². The Morgan fingerprint density at radius 2 is 2.24 bits per heavy atom.